The zero-order valence-corrected chi connectivity index (χ0v) is 13.6. The Bertz CT molecular complexity index is 874. The van der Waals surface area contributed by atoms with Crippen molar-refractivity contribution in [2.45, 2.75) is 25.4 Å². The summed E-state index contributed by atoms with van der Waals surface area (Å²) in [6.07, 6.45) is -2.31. The third-order valence-corrected chi connectivity index (χ3v) is 4.85. The molecule has 25 heavy (non-hydrogen) atoms. The second-order valence-electron chi connectivity index (χ2n) is 6.38. The van der Waals surface area contributed by atoms with Gasteiger partial charge in [-0.3, -0.25) is 4.79 Å². The van der Waals surface area contributed by atoms with Gasteiger partial charge in [0.25, 0.3) is 0 Å². The highest BCUT2D eigenvalue weighted by Crippen LogP contribution is 2.42. The number of carbonyl (C=O) groups excluding carboxylic acids is 1. The Morgan fingerprint density at radius 1 is 1.12 bits per heavy atom. The van der Waals surface area contributed by atoms with E-state index < -0.39 is 11.7 Å². The molecule has 0 spiro atoms. The van der Waals surface area contributed by atoms with Crippen molar-refractivity contribution in [3.63, 3.8) is 0 Å². The number of alkyl halides is 3. The van der Waals surface area contributed by atoms with E-state index in [0.29, 0.717) is 12.0 Å². The van der Waals surface area contributed by atoms with E-state index >= 15 is 0 Å². The number of carbonyl (C=O) groups is 1. The van der Waals surface area contributed by atoms with Crippen LogP contribution in [0.15, 0.2) is 30.3 Å². The first kappa shape index (κ1) is 16.0. The zero-order valence-electron chi connectivity index (χ0n) is 13.6. The molecule has 0 saturated heterocycles. The Kier molecular flexibility index (Phi) is 3.52. The number of aryl methyl sites for hydroxylation is 1. The van der Waals surface area contributed by atoms with Crippen molar-refractivity contribution in [1.82, 2.24) is 0 Å². The Labute approximate surface area is 143 Å². The van der Waals surface area contributed by atoms with Crippen LogP contribution in [-0.4, -0.2) is 19.6 Å². The molecule has 130 valence electrons. The predicted molar refractivity (Wildman–Crippen MR) is 87.8 cm³/mol. The van der Waals surface area contributed by atoms with Crippen LogP contribution >= 0.6 is 0 Å². The van der Waals surface area contributed by atoms with E-state index in [9.17, 15) is 18.0 Å². The predicted octanol–water partition coefficient (Wildman–Crippen LogP) is 4.22. The summed E-state index contributed by atoms with van der Waals surface area (Å²) in [5.41, 5.74) is 3.66. The van der Waals surface area contributed by atoms with Crippen LogP contribution in [0.3, 0.4) is 0 Å². The lowest BCUT2D eigenvalue weighted by Crippen LogP contribution is -2.31. The molecule has 0 atom stereocenters. The average molecular weight is 347 g/mol. The zero-order chi connectivity index (χ0) is 17.8. The molecule has 0 radical (unpaired) electrons. The topological polar surface area (TPSA) is 29.5 Å². The van der Waals surface area contributed by atoms with Gasteiger partial charge in [-0.1, -0.05) is 6.07 Å². The molecular weight excluding hydrogens is 331 g/mol. The minimum Gasteiger partial charge on any atom is -0.496 e. The lowest BCUT2D eigenvalue weighted by molar-refractivity contribution is -0.137. The normalized spacial score (nSPS) is 16.2. The molecule has 0 bridgehead atoms. The molecular formula is C19H16F3NO2. The highest BCUT2D eigenvalue weighted by molar-refractivity contribution is 6.03. The first-order valence-electron chi connectivity index (χ1n) is 8.10. The van der Waals surface area contributed by atoms with Gasteiger partial charge in [-0.2, -0.15) is 13.2 Å². The molecule has 1 amide bonds. The largest absolute Gasteiger partial charge is 0.496 e. The van der Waals surface area contributed by atoms with Gasteiger partial charge in [0.1, 0.15) is 5.75 Å². The smallest absolute Gasteiger partial charge is 0.416 e. The van der Waals surface area contributed by atoms with Crippen LogP contribution in [-0.2, 0) is 23.8 Å². The summed E-state index contributed by atoms with van der Waals surface area (Å²) in [5, 5.41) is 0. The molecule has 0 aromatic heterocycles. The fraction of sp³-hybridized carbons (Fsp3) is 0.316. The highest BCUT2D eigenvalue weighted by Gasteiger charge is 2.34. The monoisotopic (exact) mass is 347 g/mol. The SMILES string of the molecule is COc1cc(C(F)(F)F)ccc1-c1cc2c3c(c1)CC(=O)N3CCC2. The van der Waals surface area contributed by atoms with Crippen molar-refractivity contribution in [2.75, 3.05) is 18.6 Å². The molecule has 2 aliphatic rings. The molecule has 3 nitrogen and oxygen atoms in total. The first-order valence-corrected chi connectivity index (χ1v) is 8.10. The summed E-state index contributed by atoms with van der Waals surface area (Å²) < 4.78 is 44.0. The summed E-state index contributed by atoms with van der Waals surface area (Å²) in [5.74, 6) is 0.270. The second-order valence-corrected chi connectivity index (χ2v) is 6.38. The van der Waals surface area contributed by atoms with Crippen LogP contribution in [0.1, 0.15) is 23.1 Å². The first-order chi connectivity index (χ1) is 11.9. The molecule has 2 aromatic carbocycles. The third-order valence-electron chi connectivity index (χ3n) is 4.85. The van der Waals surface area contributed by atoms with Gasteiger partial charge < -0.3 is 9.64 Å². The van der Waals surface area contributed by atoms with Crippen molar-refractivity contribution < 1.29 is 22.7 Å². The number of rotatable bonds is 2. The van der Waals surface area contributed by atoms with E-state index in [4.69, 9.17) is 4.74 Å². The molecule has 2 aliphatic heterocycles. The number of benzene rings is 2. The number of nitrogens with zero attached hydrogens (tertiary/aromatic N) is 1. The van der Waals surface area contributed by atoms with Crippen LogP contribution in [0.5, 0.6) is 5.75 Å². The van der Waals surface area contributed by atoms with Crippen LogP contribution < -0.4 is 9.64 Å². The molecule has 0 N–H and O–H groups in total. The van der Waals surface area contributed by atoms with Gasteiger partial charge >= 0.3 is 6.18 Å². The van der Waals surface area contributed by atoms with E-state index in [2.05, 4.69) is 0 Å². The van der Waals surface area contributed by atoms with Crippen molar-refractivity contribution in [2.24, 2.45) is 0 Å². The Hall–Kier alpha value is -2.50. The molecule has 2 heterocycles. The number of hydrogen-bond donors (Lipinski definition) is 0. The van der Waals surface area contributed by atoms with Gasteiger partial charge in [-0.05, 0) is 53.8 Å². The maximum Gasteiger partial charge on any atom is 0.416 e. The van der Waals surface area contributed by atoms with Crippen LogP contribution in [0, 0.1) is 0 Å². The van der Waals surface area contributed by atoms with E-state index in [1.54, 1.807) is 0 Å². The number of methoxy groups -OCH3 is 1. The molecule has 0 fully saturated rings. The number of halogens is 3. The standard InChI is InChI=1S/C19H16F3NO2/c1-25-16-10-14(19(20,21)22)4-5-15(16)12-7-11-3-2-6-23-17(24)9-13(8-12)18(11)23/h4-5,7-8,10H,2-3,6,9H2,1H3. The number of hydrogen-bond acceptors (Lipinski definition) is 2. The van der Waals surface area contributed by atoms with Crippen molar-refractivity contribution in [1.29, 1.82) is 0 Å². The van der Waals surface area contributed by atoms with E-state index in [0.717, 1.165) is 53.9 Å². The van der Waals surface area contributed by atoms with Gasteiger partial charge in [0.15, 0.2) is 0 Å². The second kappa shape index (κ2) is 5.51. The van der Waals surface area contributed by atoms with E-state index in [1.807, 2.05) is 17.0 Å². The fourth-order valence-corrected chi connectivity index (χ4v) is 3.74. The van der Waals surface area contributed by atoms with Gasteiger partial charge in [-0.15, -0.1) is 0 Å². The molecule has 0 aliphatic carbocycles. The van der Waals surface area contributed by atoms with Gasteiger partial charge in [-0.25, -0.2) is 0 Å². The number of ether oxygens (including phenoxy) is 1. The highest BCUT2D eigenvalue weighted by atomic mass is 19.4. The average Bonchev–Trinajstić information content (AvgIpc) is 2.91. The van der Waals surface area contributed by atoms with Crippen LogP contribution in [0.2, 0.25) is 0 Å². The Morgan fingerprint density at radius 3 is 2.60 bits per heavy atom. The van der Waals surface area contributed by atoms with E-state index in [1.165, 1.54) is 13.2 Å². The molecule has 4 rings (SSSR count). The summed E-state index contributed by atoms with van der Waals surface area (Å²) in [6.45, 7) is 0.738. The minimum absolute atomic E-state index is 0.0903. The van der Waals surface area contributed by atoms with Crippen molar-refractivity contribution in [3.05, 3.63) is 47.0 Å². The lowest BCUT2D eigenvalue weighted by Gasteiger charge is -2.26. The van der Waals surface area contributed by atoms with E-state index in [-0.39, 0.29) is 11.7 Å². The molecule has 0 saturated carbocycles. The van der Waals surface area contributed by atoms with Crippen molar-refractivity contribution >= 4 is 11.6 Å². The minimum atomic E-state index is -4.41. The molecule has 0 unspecified atom stereocenters. The summed E-state index contributed by atoms with van der Waals surface area (Å²) >= 11 is 0. The van der Waals surface area contributed by atoms with Crippen molar-refractivity contribution in [3.8, 4) is 16.9 Å². The van der Waals surface area contributed by atoms with Gasteiger partial charge in [0, 0.05) is 12.1 Å². The fourth-order valence-electron chi connectivity index (χ4n) is 3.74. The Morgan fingerprint density at radius 2 is 1.88 bits per heavy atom. The Balaban J connectivity index is 1.84. The molecule has 6 heteroatoms. The third kappa shape index (κ3) is 2.56. The molecule has 2 aromatic rings. The van der Waals surface area contributed by atoms with Crippen LogP contribution in [0.4, 0.5) is 18.9 Å². The van der Waals surface area contributed by atoms with Gasteiger partial charge in [0.2, 0.25) is 5.91 Å². The van der Waals surface area contributed by atoms with Crippen LogP contribution in [0.25, 0.3) is 11.1 Å². The lowest BCUT2D eigenvalue weighted by atomic mass is 9.93. The maximum atomic E-state index is 12.9. The summed E-state index contributed by atoms with van der Waals surface area (Å²) in [7, 11) is 1.36. The van der Waals surface area contributed by atoms with Gasteiger partial charge in [0.05, 0.1) is 24.8 Å². The number of anilines is 1. The quantitative estimate of drug-likeness (QED) is 0.814. The summed E-state index contributed by atoms with van der Waals surface area (Å²) in [4.78, 5) is 14.0. The maximum absolute atomic E-state index is 12.9. The number of amides is 1. The summed E-state index contributed by atoms with van der Waals surface area (Å²) in [6, 6.07) is 7.38.